The Hall–Kier alpha value is -1.46. The maximum Gasteiger partial charge on any atom is 0.253 e. The van der Waals surface area contributed by atoms with Crippen molar-refractivity contribution in [1.29, 1.82) is 0 Å². The van der Waals surface area contributed by atoms with Gasteiger partial charge in [0.25, 0.3) is 5.91 Å². The van der Waals surface area contributed by atoms with Gasteiger partial charge >= 0.3 is 0 Å². The molecule has 0 aromatic heterocycles. The van der Waals surface area contributed by atoms with Crippen LogP contribution in [0.3, 0.4) is 0 Å². The van der Waals surface area contributed by atoms with E-state index in [2.05, 4.69) is 0 Å². The van der Waals surface area contributed by atoms with Gasteiger partial charge in [-0.3, -0.25) is 4.79 Å². The molecule has 0 aliphatic carbocycles. The van der Waals surface area contributed by atoms with Crippen LogP contribution < -0.4 is 9.47 Å². The Morgan fingerprint density at radius 1 is 1.47 bits per heavy atom. The predicted molar refractivity (Wildman–Crippen MR) is 71.0 cm³/mol. The van der Waals surface area contributed by atoms with Gasteiger partial charge in [-0.15, -0.1) is 11.6 Å². The summed E-state index contributed by atoms with van der Waals surface area (Å²) >= 11 is 6.04. The van der Waals surface area contributed by atoms with E-state index in [1.807, 2.05) is 0 Å². The van der Waals surface area contributed by atoms with Crippen molar-refractivity contribution in [2.45, 2.75) is 5.38 Å². The summed E-state index contributed by atoms with van der Waals surface area (Å²) in [7, 11) is 3.28. The second-order valence-corrected chi connectivity index (χ2v) is 4.92. The first-order valence-electron chi connectivity index (χ1n) is 5.90. The van der Waals surface area contributed by atoms with Crippen LogP contribution in [0.1, 0.15) is 10.4 Å². The van der Waals surface area contributed by atoms with Crippen LogP contribution in [-0.2, 0) is 4.74 Å². The maximum absolute atomic E-state index is 12.2. The lowest BCUT2D eigenvalue weighted by atomic mass is 10.1. The molecule has 1 aromatic carbocycles. The van der Waals surface area contributed by atoms with Crippen molar-refractivity contribution in [3.63, 3.8) is 0 Å². The predicted octanol–water partition coefficient (Wildman–Crippen LogP) is 1.74. The molecule has 1 aliphatic heterocycles. The fourth-order valence-corrected chi connectivity index (χ4v) is 2.20. The molecule has 1 heterocycles. The summed E-state index contributed by atoms with van der Waals surface area (Å²) in [5, 5.41) is -0.229. The van der Waals surface area contributed by atoms with Gasteiger partial charge in [-0.25, -0.2) is 0 Å². The highest BCUT2D eigenvalue weighted by molar-refractivity contribution is 6.21. The average Bonchev–Trinajstić information content (AvgIpc) is 2.85. The van der Waals surface area contributed by atoms with Crippen LogP contribution in [0.15, 0.2) is 18.2 Å². The lowest BCUT2D eigenvalue weighted by molar-refractivity contribution is 0.0781. The topological polar surface area (TPSA) is 48.0 Å². The van der Waals surface area contributed by atoms with Crippen LogP contribution in [0.5, 0.6) is 11.5 Å². The summed E-state index contributed by atoms with van der Waals surface area (Å²) in [6.45, 7) is 1.02. The molecule has 0 saturated heterocycles. The molecule has 0 saturated carbocycles. The number of carbonyl (C=O) groups excluding carboxylic acids is 1. The number of fused-ring (bicyclic) bond motifs is 1. The first-order valence-corrected chi connectivity index (χ1v) is 6.33. The van der Waals surface area contributed by atoms with Gasteiger partial charge in [-0.2, -0.15) is 0 Å². The van der Waals surface area contributed by atoms with Gasteiger partial charge in [0.1, 0.15) is 0 Å². The number of rotatable bonds is 5. The SMILES string of the molecule is COCC(Cl)CN(C)C(=O)c1ccc2c(c1)OCO2. The molecule has 0 N–H and O–H groups in total. The van der Waals surface area contributed by atoms with E-state index in [0.29, 0.717) is 30.2 Å². The smallest absolute Gasteiger partial charge is 0.253 e. The Kier molecular flexibility index (Phi) is 4.50. The number of carbonyl (C=O) groups is 1. The number of benzene rings is 1. The molecule has 1 amide bonds. The molecule has 0 radical (unpaired) electrons. The third-order valence-corrected chi connectivity index (χ3v) is 3.05. The second kappa shape index (κ2) is 6.12. The Balaban J connectivity index is 2.02. The van der Waals surface area contributed by atoms with Gasteiger partial charge in [0.2, 0.25) is 6.79 Å². The summed E-state index contributed by atoms with van der Waals surface area (Å²) in [6, 6.07) is 5.13. The summed E-state index contributed by atoms with van der Waals surface area (Å²) < 4.78 is 15.4. The normalized spacial score (nSPS) is 14.3. The van der Waals surface area contributed by atoms with E-state index in [-0.39, 0.29) is 18.1 Å². The lowest BCUT2D eigenvalue weighted by Gasteiger charge is -2.20. The van der Waals surface area contributed by atoms with E-state index in [1.165, 1.54) is 0 Å². The fourth-order valence-electron chi connectivity index (χ4n) is 1.86. The first kappa shape index (κ1) is 14.0. The maximum atomic E-state index is 12.2. The summed E-state index contributed by atoms with van der Waals surface area (Å²) in [5.74, 6) is 1.15. The molecular formula is C13H16ClNO4. The number of methoxy groups -OCH3 is 1. The zero-order valence-corrected chi connectivity index (χ0v) is 11.6. The number of hydrogen-bond acceptors (Lipinski definition) is 4. The van der Waals surface area contributed by atoms with E-state index < -0.39 is 0 Å². The quantitative estimate of drug-likeness (QED) is 0.773. The van der Waals surface area contributed by atoms with Crippen molar-refractivity contribution >= 4 is 17.5 Å². The molecule has 0 bridgehead atoms. The van der Waals surface area contributed by atoms with Crippen molar-refractivity contribution in [2.24, 2.45) is 0 Å². The van der Waals surface area contributed by atoms with E-state index in [4.69, 9.17) is 25.8 Å². The Bertz CT molecular complexity index is 466. The number of alkyl halides is 1. The molecule has 104 valence electrons. The number of amides is 1. The van der Waals surface area contributed by atoms with Crippen molar-refractivity contribution in [3.8, 4) is 11.5 Å². The molecule has 1 aromatic rings. The number of nitrogens with zero attached hydrogens (tertiary/aromatic N) is 1. The van der Waals surface area contributed by atoms with Gasteiger partial charge in [0.05, 0.1) is 12.0 Å². The van der Waals surface area contributed by atoms with Crippen LogP contribution in [0.2, 0.25) is 0 Å². The summed E-state index contributed by atoms with van der Waals surface area (Å²) in [4.78, 5) is 13.8. The van der Waals surface area contributed by atoms with Gasteiger partial charge in [0.15, 0.2) is 11.5 Å². The van der Waals surface area contributed by atoms with Crippen LogP contribution in [0.4, 0.5) is 0 Å². The molecule has 1 unspecified atom stereocenters. The highest BCUT2D eigenvalue weighted by Crippen LogP contribution is 2.32. The molecule has 1 atom stereocenters. The number of hydrogen-bond donors (Lipinski definition) is 0. The third-order valence-electron chi connectivity index (χ3n) is 2.79. The summed E-state index contributed by atoms with van der Waals surface area (Å²) in [6.07, 6.45) is 0. The molecule has 6 heteroatoms. The largest absolute Gasteiger partial charge is 0.454 e. The minimum atomic E-state index is -0.229. The zero-order valence-electron chi connectivity index (χ0n) is 10.9. The third kappa shape index (κ3) is 3.30. The summed E-state index contributed by atoms with van der Waals surface area (Å²) in [5.41, 5.74) is 0.549. The van der Waals surface area contributed by atoms with Crippen LogP contribution >= 0.6 is 11.6 Å². The van der Waals surface area contributed by atoms with Gasteiger partial charge in [-0.1, -0.05) is 0 Å². The van der Waals surface area contributed by atoms with E-state index in [9.17, 15) is 4.79 Å². The van der Waals surface area contributed by atoms with Crippen LogP contribution in [0, 0.1) is 0 Å². The van der Waals surface area contributed by atoms with Crippen LogP contribution in [-0.4, -0.2) is 50.3 Å². The van der Waals surface area contributed by atoms with E-state index >= 15 is 0 Å². The fraction of sp³-hybridized carbons (Fsp3) is 0.462. The molecule has 2 rings (SSSR count). The highest BCUT2D eigenvalue weighted by atomic mass is 35.5. The van der Waals surface area contributed by atoms with E-state index in [0.717, 1.165) is 0 Å². The first-order chi connectivity index (χ1) is 9.11. The zero-order chi connectivity index (χ0) is 13.8. The molecule has 0 fully saturated rings. The average molecular weight is 286 g/mol. The Morgan fingerprint density at radius 2 is 2.21 bits per heavy atom. The van der Waals surface area contributed by atoms with Gasteiger partial charge < -0.3 is 19.1 Å². The molecule has 1 aliphatic rings. The number of ether oxygens (including phenoxy) is 3. The standard InChI is InChI=1S/C13H16ClNO4/c1-15(6-10(14)7-17-2)13(16)9-3-4-11-12(5-9)19-8-18-11/h3-5,10H,6-8H2,1-2H3. The Labute approximate surface area is 117 Å². The van der Waals surface area contributed by atoms with Crippen molar-refractivity contribution in [3.05, 3.63) is 23.8 Å². The Morgan fingerprint density at radius 3 is 2.95 bits per heavy atom. The van der Waals surface area contributed by atoms with Crippen molar-refractivity contribution in [1.82, 2.24) is 4.90 Å². The van der Waals surface area contributed by atoms with Crippen LogP contribution in [0.25, 0.3) is 0 Å². The molecular weight excluding hydrogens is 270 g/mol. The van der Waals surface area contributed by atoms with Crippen molar-refractivity contribution in [2.75, 3.05) is 34.1 Å². The van der Waals surface area contributed by atoms with Crippen molar-refractivity contribution < 1.29 is 19.0 Å². The molecule has 0 spiro atoms. The van der Waals surface area contributed by atoms with Gasteiger partial charge in [0, 0.05) is 26.3 Å². The molecule has 5 nitrogen and oxygen atoms in total. The molecule has 19 heavy (non-hydrogen) atoms. The van der Waals surface area contributed by atoms with E-state index in [1.54, 1.807) is 37.3 Å². The van der Waals surface area contributed by atoms with Gasteiger partial charge in [-0.05, 0) is 18.2 Å². The lowest BCUT2D eigenvalue weighted by Crippen LogP contribution is -2.33. The minimum absolute atomic E-state index is 0.111. The second-order valence-electron chi connectivity index (χ2n) is 4.31. The monoisotopic (exact) mass is 285 g/mol. The highest BCUT2D eigenvalue weighted by Gasteiger charge is 2.19. The number of halogens is 1. The minimum Gasteiger partial charge on any atom is -0.454 e.